The summed E-state index contributed by atoms with van der Waals surface area (Å²) in [6.45, 7) is 1.54. The summed E-state index contributed by atoms with van der Waals surface area (Å²) in [5.41, 5.74) is 3.38. The van der Waals surface area contributed by atoms with Crippen LogP contribution in [-0.2, 0) is 9.53 Å². The van der Waals surface area contributed by atoms with Crippen molar-refractivity contribution in [3.63, 3.8) is 0 Å². The minimum atomic E-state index is -0.737. The summed E-state index contributed by atoms with van der Waals surface area (Å²) in [5, 5.41) is 6.06. The molecule has 3 aromatic rings. The Morgan fingerprint density at radius 1 is 1.05 bits per heavy atom. The Kier molecular flexibility index (Phi) is 7.76. The van der Waals surface area contributed by atoms with Crippen molar-refractivity contribution in [1.82, 2.24) is 9.99 Å². The second-order valence-corrected chi connectivity index (χ2v) is 9.31. The number of amides is 1. The lowest BCUT2D eigenvalue weighted by Gasteiger charge is -2.29. The number of allylic oxidation sites excluding steroid dienone is 1. The van der Waals surface area contributed by atoms with Crippen molar-refractivity contribution in [1.29, 1.82) is 0 Å². The molecule has 0 spiro atoms. The minimum Gasteiger partial charge on any atom is -0.477 e. The molecule has 1 aliphatic heterocycles. The number of hydrogen-bond donors (Lipinski definition) is 0. The van der Waals surface area contributed by atoms with Crippen molar-refractivity contribution in [3.8, 4) is 5.88 Å². The van der Waals surface area contributed by atoms with Gasteiger partial charge in [0, 0.05) is 12.1 Å². The molecule has 39 heavy (non-hydrogen) atoms. The number of esters is 1. The Bertz CT molecular complexity index is 1420. The molecule has 200 valence electrons. The van der Waals surface area contributed by atoms with Crippen LogP contribution >= 0.6 is 0 Å². The third-order valence-corrected chi connectivity index (χ3v) is 6.78. The number of rotatable bonds is 7. The van der Waals surface area contributed by atoms with E-state index in [2.05, 4.69) is 4.98 Å². The van der Waals surface area contributed by atoms with E-state index in [9.17, 15) is 18.4 Å². The van der Waals surface area contributed by atoms with E-state index in [1.807, 2.05) is 6.08 Å². The van der Waals surface area contributed by atoms with Gasteiger partial charge >= 0.3 is 5.97 Å². The summed E-state index contributed by atoms with van der Waals surface area (Å²) >= 11 is 0. The van der Waals surface area contributed by atoms with Crippen LogP contribution in [0.5, 0.6) is 5.88 Å². The quantitative estimate of drug-likeness (QED) is 0.363. The number of carbonyl (C=O) groups excluding carboxylic acids is 2. The molecule has 0 radical (unpaired) electrons. The lowest BCUT2D eigenvalue weighted by atomic mass is 9.77. The third kappa shape index (κ3) is 5.72. The SMILES string of the molecule is CCOc1ncccc1C(=O)OCC(=O)N1N=C2C(=Cc3ccc(F)cc3)CCCC2C1c1ccc(F)cc1. The van der Waals surface area contributed by atoms with Crippen LogP contribution < -0.4 is 4.74 Å². The standard InChI is InChI=1S/C30H27F2N3O4/c1-2-38-29-25(7-4-16-33-29)30(37)39-18-26(36)35-28(20-10-14-23(32)15-11-20)24-6-3-5-21(27(24)34-35)17-19-8-12-22(31)13-9-19/h4,7-17,24,28H,2-3,5-6,18H2,1H3. The highest BCUT2D eigenvalue weighted by Gasteiger charge is 2.44. The van der Waals surface area contributed by atoms with E-state index in [1.165, 1.54) is 41.5 Å². The number of carbonyl (C=O) groups is 2. The van der Waals surface area contributed by atoms with E-state index in [1.54, 1.807) is 37.3 Å². The van der Waals surface area contributed by atoms with E-state index < -0.39 is 24.5 Å². The van der Waals surface area contributed by atoms with Crippen LogP contribution in [0.25, 0.3) is 6.08 Å². The summed E-state index contributed by atoms with van der Waals surface area (Å²) in [6, 6.07) is 14.8. The van der Waals surface area contributed by atoms with Crippen molar-refractivity contribution >= 4 is 23.7 Å². The maximum Gasteiger partial charge on any atom is 0.344 e. The zero-order valence-electron chi connectivity index (χ0n) is 21.3. The highest BCUT2D eigenvalue weighted by Crippen LogP contribution is 2.44. The van der Waals surface area contributed by atoms with E-state index >= 15 is 0 Å². The molecule has 2 atom stereocenters. The van der Waals surface area contributed by atoms with Gasteiger partial charge in [-0.1, -0.05) is 24.3 Å². The summed E-state index contributed by atoms with van der Waals surface area (Å²) < 4.78 is 37.9. The molecule has 9 heteroatoms. The number of hydrogen-bond acceptors (Lipinski definition) is 6. The normalized spacial score (nSPS) is 19.4. The first-order valence-electron chi connectivity index (χ1n) is 12.8. The fourth-order valence-electron chi connectivity index (χ4n) is 5.03. The number of pyridine rings is 1. The van der Waals surface area contributed by atoms with Crippen LogP contribution in [0.2, 0.25) is 0 Å². The van der Waals surface area contributed by atoms with Gasteiger partial charge in [-0.2, -0.15) is 5.10 Å². The molecule has 2 unspecified atom stereocenters. The number of aromatic nitrogens is 1. The molecule has 2 aromatic carbocycles. The van der Waals surface area contributed by atoms with Crippen molar-refractivity contribution in [2.45, 2.75) is 32.2 Å². The zero-order valence-corrected chi connectivity index (χ0v) is 21.3. The molecule has 1 aliphatic carbocycles. The van der Waals surface area contributed by atoms with Gasteiger partial charge in [-0.3, -0.25) is 4.79 Å². The first-order chi connectivity index (χ1) is 18.9. The largest absolute Gasteiger partial charge is 0.477 e. The van der Waals surface area contributed by atoms with E-state index in [-0.39, 0.29) is 29.0 Å². The predicted octanol–water partition coefficient (Wildman–Crippen LogP) is 5.74. The van der Waals surface area contributed by atoms with Gasteiger partial charge in [0.05, 0.1) is 18.4 Å². The second-order valence-electron chi connectivity index (χ2n) is 9.31. The maximum atomic E-state index is 13.7. The predicted molar refractivity (Wildman–Crippen MR) is 141 cm³/mol. The van der Waals surface area contributed by atoms with Gasteiger partial charge in [0.15, 0.2) is 6.61 Å². The fraction of sp³-hybridized carbons (Fsp3) is 0.267. The minimum absolute atomic E-state index is 0.119. The van der Waals surface area contributed by atoms with Crippen LogP contribution in [0.3, 0.4) is 0 Å². The molecular weight excluding hydrogens is 504 g/mol. The van der Waals surface area contributed by atoms with Crippen LogP contribution in [0.4, 0.5) is 8.78 Å². The summed E-state index contributed by atoms with van der Waals surface area (Å²) in [7, 11) is 0. The maximum absolute atomic E-state index is 13.7. The molecule has 2 aliphatic rings. The molecule has 2 heterocycles. The van der Waals surface area contributed by atoms with Gasteiger partial charge in [0.25, 0.3) is 5.91 Å². The molecule has 0 N–H and O–H groups in total. The molecule has 5 rings (SSSR count). The molecule has 1 aromatic heterocycles. The Labute approximate surface area is 224 Å². The van der Waals surface area contributed by atoms with Gasteiger partial charge in [-0.05, 0) is 85.4 Å². The van der Waals surface area contributed by atoms with E-state index in [4.69, 9.17) is 14.6 Å². The van der Waals surface area contributed by atoms with Gasteiger partial charge < -0.3 is 9.47 Å². The molecule has 0 saturated heterocycles. The van der Waals surface area contributed by atoms with Gasteiger partial charge in [0.2, 0.25) is 5.88 Å². The Hall–Kier alpha value is -4.40. The third-order valence-electron chi connectivity index (χ3n) is 6.78. The molecular formula is C30H27F2N3O4. The monoisotopic (exact) mass is 531 g/mol. The molecule has 1 fully saturated rings. The van der Waals surface area contributed by atoms with Gasteiger partial charge in [0.1, 0.15) is 17.2 Å². The summed E-state index contributed by atoms with van der Waals surface area (Å²) in [5.74, 6) is -1.95. The van der Waals surface area contributed by atoms with Crippen molar-refractivity contribution < 1.29 is 27.8 Å². The number of nitrogens with zero attached hydrogens (tertiary/aromatic N) is 3. The number of benzene rings is 2. The van der Waals surface area contributed by atoms with Crippen molar-refractivity contribution in [3.05, 3.63) is 101 Å². The summed E-state index contributed by atoms with van der Waals surface area (Å²) in [4.78, 5) is 30.3. The fourth-order valence-corrected chi connectivity index (χ4v) is 5.03. The molecule has 0 bridgehead atoms. The first kappa shape index (κ1) is 26.2. The van der Waals surface area contributed by atoms with Crippen LogP contribution in [0.15, 0.2) is 77.5 Å². The van der Waals surface area contributed by atoms with Crippen LogP contribution in [0.1, 0.15) is 53.7 Å². The number of ether oxygens (including phenoxy) is 2. The number of halogens is 2. The molecule has 1 amide bonds. The van der Waals surface area contributed by atoms with Crippen LogP contribution in [0, 0.1) is 17.6 Å². The number of fused-ring (bicyclic) bond motifs is 1. The van der Waals surface area contributed by atoms with Gasteiger partial charge in [-0.15, -0.1) is 0 Å². The molecule has 7 nitrogen and oxygen atoms in total. The Balaban J connectivity index is 1.42. The first-order valence-corrected chi connectivity index (χ1v) is 12.8. The second kappa shape index (κ2) is 11.6. The van der Waals surface area contributed by atoms with E-state index in [0.29, 0.717) is 6.61 Å². The number of hydrazone groups is 1. The average molecular weight is 532 g/mol. The Morgan fingerprint density at radius 2 is 1.77 bits per heavy atom. The molecule has 1 saturated carbocycles. The van der Waals surface area contributed by atoms with Crippen molar-refractivity contribution in [2.75, 3.05) is 13.2 Å². The zero-order chi connectivity index (χ0) is 27.4. The highest BCUT2D eigenvalue weighted by atomic mass is 19.1. The topological polar surface area (TPSA) is 81.1 Å². The van der Waals surface area contributed by atoms with Gasteiger partial charge in [-0.25, -0.2) is 23.6 Å². The smallest absolute Gasteiger partial charge is 0.344 e. The van der Waals surface area contributed by atoms with Crippen molar-refractivity contribution in [2.24, 2.45) is 11.0 Å². The summed E-state index contributed by atoms with van der Waals surface area (Å²) in [6.07, 6.45) is 5.85. The lowest BCUT2D eigenvalue weighted by molar-refractivity contribution is -0.137. The Morgan fingerprint density at radius 3 is 2.49 bits per heavy atom. The van der Waals surface area contributed by atoms with E-state index in [0.717, 1.165) is 41.7 Å². The average Bonchev–Trinajstić information content (AvgIpc) is 3.34. The van der Waals surface area contributed by atoms with Crippen LogP contribution in [-0.4, -0.2) is 40.8 Å². The lowest BCUT2D eigenvalue weighted by Crippen LogP contribution is -2.34. The highest BCUT2D eigenvalue weighted by molar-refractivity contribution is 6.08.